The van der Waals surface area contributed by atoms with Crippen LogP contribution in [0.25, 0.3) is 0 Å². The first-order valence-electron chi connectivity index (χ1n) is 8.87. The minimum Gasteiger partial charge on any atom is -0.296 e. The minimum absolute atomic E-state index is 0.122. The Bertz CT molecular complexity index is 1120. The van der Waals surface area contributed by atoms with E-state index in [0.29, 0.717) is 16.3 Å². The third-order valence-electron chi connectivity index (χ3n) is 3.87. The van der Waals surface area contributed by atoms with Crippen LogP contribution in [0.15, 0.2) is 52.9 Å². The van der Waals surface area contributed by atoms with Gasteiger partial charge in [0.25, 0.3) is 15.9 Å². The van der Waals surface area contributed by atoms with Crippen LogP contribution in [0, 0.1) is 6.92 Å². The van der Waals surface area contributed by atoms with Gasteiger partial charge in [0.15, 0.2) is 0 Å². The first-order chi connectivity index (χ1) is 14.3. The third-order valence-corrected chi connectivity index (χ3v) is 7.80. The van der Waals surface area contributed by atoms with Crippen molar-refractivity contribution in [3.05, 3.63) is 70.2 Å². The minimum atomic E-state index is -3.79. The largest absolute Gasteiger partial charge is 0.296 e. The Balaban J connectivity index is 1.48. The van der Waals surface area contributed by atoms with Gasteiger partial charge in [0.05, 0.1) is 0 Å². The van der Waals surface area contributed by atoms with E-state index in [1.807, 2.05) is 43.3 Å². The number of nitrogens with one attached hydrogen (secondary N) is 2. The van der Waals surface area contributed by atoms with Crippen LogP contribution in [-0.4, -0.2) is 36.8 Å². The molecule has 0 fully saturated rings. The van der Waals surface area contributed by atoms with E-state index in [1.165, 1.54) is 0 Å². The normalized spacial score (nSPS) is 11.4. The van der Waals surface area contributed by atoms with E-state index in [2.05, 4.69) is 20.2 Å². The maximum Gasteiger partial charge on any atom is 0.269 e. The summed E-state index contributed by atoms with van der Waals surface area (Å²) in [4.78, 5) is 12.2. The molecule has 1 amide bonds. The number of anilines is 1. The van der Waals surface area contributed by atoms with Crippen LogP contribution in [0.3, 0.4) is 0 Å². The second-order valence-corrected chi connectivity index (χ2v) is 10.7. The highest BCUT2D eigenvalue weighted by molar-refractivity contribution is 7.98. The van der Waals surface area contributed by atoms with Gasteiger partial charge in [-0.25, -0.2) is 13.1 Å². The molecular weight excluding hydrogens is 464 g/mol. The highest BCUT2D eigenvalue weighted by Gasteiger charge is 2.20. The third kappa shape index (κ3) is 6.51. The summed E-state index contributed by atoms with van der Waals surface area (Å²) >= 11 is 8.34. The molecule has 3 rings (SSSR count). The quantitative estimate of drug-likeness (QED) is 0.353. The monoisotopic (exact) mass is 482 g/mol. The van der Waals surface area contributed by atoms with Crippen molar-refractivity contribution >= 4 is 55.8 Å². The topological polar surface area (TPSA) is 101 Å². The fourth-order valence-electron chi connectivity index (χ4n) is 2.37. The molecular formula is C19H19ClN4O3S3. The molecule has 0 aliphatic heterocycles. The number of sulfonamides is 1. The number of nitrogens with zero attached hydrogens (tertiary/aromatic N) is 2. The van der Waals surface area contributed by atoms with Crippen molar-refractivity contribution in [3.63, 3.8) is 0 Å². The standard InChI is InChI=1S/C19H19ClN4O3S3/c1-13-5-7-15(8-6-13)17(25)22-18-23-24-19(29-18)30(26,27)21-9-10-28-12-14-3-2-4-16(20)11-14/h2-8,11,21H,9-10,12H2,1H3,(H,22,23,25). The molecule has 0 unspecified atom stereocenters. The van der Waals surface area contributed by atoms with Gasteiger partial charge in [-0.1, -0.05) is 52.8 Å². The lowest BCUT2D eigenvalue weighted by atomic mass is 10.1. The Morgan fingerprint density at radius 1 is 1.17 bits per heavy atom. The Morgan fingerprint density at radius 3 is 2.67 bits per heavy atom. The average molecular weight is 483 g/mol. The number of carbonyl (C=O) groups is 1. The number of amides is 1. The second kappa shape index (κ2) is 10.4. The zero-order valence-electron chi connectivity index (χ0n) is 16.0. The molecule has 2 aromatic carbocycles. The maximum absolute atomic E-state index is 12.4. The molecule has 11 heteroatoms. The van der Waals surface area contributed by atoms with E-state index in [9.17, 15) is 13.2 Å². The molecule has 7 nitrogen and oxygen atoms in total. The summed E-state index contributed by atoms with van der Waals surface area (Å²) in [6, 6.07) is 14.6. The van der Waals surface area contributed by atoms with Gasteiger partial charge in [-0.2, -0.15) is 11.8 Å². The fourth-order valence-corrected chi connectivity index (χ4v) is 5.49. The SMILES string of the molecule is Cc1ccc(C(=O)Nc2nnc(S(=O)(=O)NCCSCc3cccc(Cl)c3)s2)cc1. The average Bonchev–Trinajstić information content (AvgIpc) is 3.18. The van der Waals surface area contributed by atoms with Crippen molar-refractivity contribution in [1.82, 2.24) is 14.9 Å². The van der Waals surface area contributed by atoms with Crippen LogP contribution in [0.4, 0.5) is 5.13 Å². The molecule has 3 aromatic rings. The van der Waals surface area contributed by atoms with Gasteiger partial charge in [-0.05, 0) is 36.8 Å². The molecule has 0 saturated carbocycles. The Hall–Kier alpha value is -1.98. The van der Waals surface area contributed by atoms with Gasteiger partial charge in [0.1, 0.15) is 0 Å². The number of hydrogen-bond acceptors (Lipinski definition) is 7. The maximum atomic E-state index is 12.4. The van der Waals surface area contributed by atoms with Gasteiger partial charge < -0.3 is 0 Å². The zero-order chi connectivity index (χ0) is 21.6. The van der Waals surface area contributed by atoms with Crippen molar-refractivity contribution in [1.29, 1.82) is 0 Å². The summed E-state index contributed by atoms with van der Waals surface area (Å²) in [7, 11) is -3.79. The molecule has 1 heterocycles. The highest BCUT2D eigenvalue weighted by atomic mass is 35.5. The number of thioether (sulfide) groups is 1. The van der Waals surface area contributed by atoms with Crippen molar-refractivity contribution in [3.8, 4) is 0 Å². The summed E-state index contributed by atoms with van der Waals surface area (Å²) in [6.45, 7) is 2.17. The molecule has 0 aliphatic carbocycles. The lowest BCUT2D eigenvalue weighted by Crippen LogP contribution is -2.26. The number of halogens is 1. The van der Waals surface area contributed by atoms with Crippen LogP contribution in [0.1, 0.15) is 21.5 Å². The zero-order valence-corrected chi connectivity index (χ0v) is 19.2. The smallest absolute Gasteiger partial charge is 0.269 e. The van der Waals surface area contributed by atoms with E-state index in [1.54, 1.807) is 23.9 Å². The lowest BCUT2D eigenvalue weighted by molar-refractivity contribution is 0.102. The summed E-state index contributed by atoms with van der Waals surface area (Å²) in [5, 5.41) is 10.8. The molecule has 2 N–H and O–H groups in total. The van der Waals surface area contributed by atoms with Crippen LogP contribution >= 0.6 is 34.7 Å². The fraction of sp³-hybridized carbons (Fsp3) is 0.211. The van der Waals surface area contributed by atoms with Gasteiger partial charge in [0.2, 0.25) is 9.47 Å². The van der Waals surface area contributed by atoms with E-state index in [-0.39, 0.29) is 21.9 Å². The first-order valence-corrected chi connectivity index (χ1v) is 12.7. The van der Waals surface area contributed by atoms with Crippen LogP contribution in [-0.2, 0) is 15.8 Å². The van der Waals surface area contributed by atoms with E-state index in [0.717, 1.165) is 28.2 Å². The van der Waals surface area contributed by atoms with E-state index < -0.39 is 10.0 Å². The lowest BCUT2D eigenvalue weighted by Gasteiger charge is -2.04. The molecule has 0 aliphatic rings. The highest BCUT2D eigenvalue weighted by Crippen LogP contribution is 2.21. The van der Waals surface area contributed by atoms with Crippen LogP contribution in [0.2, 0.25) is 5.02 Å². The number of aromatic nitrogens is 2. The summed E-state index contributed by atoms with van der Waals surface area (Å²) < 4.78 is 27.1. The van der Waals surface area contributed by atoms with E-state index in [4.69, 9.17) is 11.6 Å². The Kier molecular flexibility index (Phi) is 7.84. The van der Waals surface area contributed by atoms with Crippen molar-refractivity contribution in [2.45, 2.75) is 17.0 Å². The molecule has 158 valence electrons. The summed E-state index contributed by atoms with van der Waals surface area (Å²) in [5.41, 5.74) is 2.57. The van der Waals surface area contributed by atoms with E-state index >= 15 is 0 Å². The molecule has 1 aromatic heterocycles. The summed E-state index contributed by atoms with van der Waals surface area (Å²) in [6.07, 6.45) is 0. The van der Waals surface area contributed by atoms with Gasteiger partial charge in [0, 0.05) is 28.6 Å². The Morgan fingerprint density at radius 2 is 1.93 bits per heavy atom. The van der Waals surface area contributed by atoms with Gasteiger partial charge in [-0.3, -0.25) is 10.1 Å². The van der Waals surface area contributed by atoms with Crippen LogP contribution < -0.4 is 10.0 Å². The molecule has 0 atom stereocenters. The predicted molar refractivity (Wildman–Crippen MR) is 122 cm³/mol. The molecule has 0 bridgehead atoms. The predicted octanol–water partition coefficient (Wildman–Crippen LogP) is 3.96. The van der Waals surface area contributed by atoms with Crippen LogP contribution in [0.5, 0.6) is 0 Å². The van der Waals surface area contributed by atoms with Gasteiger partial charge in [-0.15, -0.1) is 10.2 Å². The second-order valence-electron chi connectivity index (χ2n) is 6.27. The molecule has 0 radical (unpaired) electrons. The van der Waals surface area contributed by atoms with Crippen molar-refractivity contribution in [2.24, 2.45) is 0 Å². The molecule has 0 spiro atoms. The number of aryl methyl sites for hydroxylation is 1. The summed E-state index contributed by atoms with van der Waals surface area (Å²) in [5.74, 6) is 0.943. The Labute approximate surface area is 188 Å². The number of carbonyl (C=O) groups excluding carboxylic acids is 1. The number of rotatable bonds is 9. The first kappa shape index (κ1) is 22.7. The molecule has 0 saturated heterocycles. The molecule has 30 heavy (non-hydrogen) atoms. The number of hydrogen-bond donors (Lipinski definition) is 2. The number of benzene rings is 2. The van der Waals surface area contributed by atoms with Gasteiger partial charge >= 0.3 is 0 Å². The van der Waals surface area contributed by atoms with Crippen molar-refractivity contribution in [2.75, 3.05) is 17.6 Å². The van der Waals surface area contributed by atoms with Crippen molar-refractivity contribution < 1.29 is 13.2 Å².